The molecule has 0 spiro atoms. The second kappa shape index (κ2) is 7.91. The summed E-state index contributed by atoms with van der Waals surface area (Å²) in [6.07, 6.45) is 0. The number of nitrogens with zero attached hydrogens (tertiary/aromatic N) is 3. The van der Waals surface area contributed by atoms with Crippen LogP contribution in [0.3, 0.4) is 0 Å². The van der Waals surface area contributed by atoms with Crippen LogP contribution in [0.15, 0.2) is 40.9 Å². The van der Waals surface area contributed by atoms with E-state index in [0.717, 1.165) is 6.54 Å². The molecule has 2 N–H and O–H groups in total. The van der Waals surface area contributed by atoms with Crippen LogP contribution in [0.4, 0.5) is 0 Å². The topological polar surface area (TPSA) is 68.2 Å². The predicted octanol–water partition coefficient (Wildman–Crippen LogP) is 3.98. The van der Waals surface area contributed by atoms with Crippen LogP contribution in [-0.2, 0) is 19.6 Å². The summed E-state index contributed by atoms with van der Waals surface area (Å²) in [5, 5.41) is 4.01. The molecule has 0 bridgehead atoms. The van der Waals surface area contributed by atoms with Gasteiger partial charge in [-0.2, -0.15) is 4.98 Å². The van der Waals surface area contributed by atoms with E-state index in [1.807, 2.05) is 11.3 Å². The van der Waals surface area contributed by atoms with Gasteiger partial charge in [-0.25, -0.2) is 0 Å². The molecule has 3 aromatic rings. The van der Waals surface area contributed by atoms with E-state index >= 15 is 0 Å². The number of thiophene rings is 1. The molecule has 5 nitrogen and oxygen atoms in total. The molecule has 0 saturated heterocycles. The van der Waals surface area contributed by atoms with Crippen LogP contribution in [0.25, 0.3) is 10.4 Å². The maximum Gasteiger partial charge on any atom is 0.240 e. The highest BCUT2D eigenvalue weighted by atomic mass is 32.1. The number of aromatic nitrogens is 2. The first-order chi connectivity index (χ1) is 12.0. The Balaban J connectivity index is 1.71. The number of rotatable bonds is 7. The zero-order valence-corrected chi connectivity index (χ0v) is 15.7. The van der Waals surface area contributed by atoms with Crippen molar-refractivity contribution in [3.05, 3.63) is 58.6 Å². The summed E-state index contributed by atoms with van der Waals surface area (Å²) in [5.74, 6) is 1.17. The van der Waals surface area contributed by atoms with Gasteiger partial charge in [0.2, 0.25) is 5.89 Å². The van der Waals surface area contributed by atoms with Gasteiger partial charge in [0.1, 0.15) is 0 Å². The molecule has 0 saturated carbocycles. The fourth-order valence-corrected chi connectivity index (χ4v) is 3.61. The quantitative estimate of drug-likeness (QED) is 0.693. The zero-order valence-electron chi connectivity index (χ0n) is 14.9. The maximum atomic E-state index is 5.54. The van der Waals surface area contributed by atoms with Crippen LogP contribution in [0.5, 0.6) is 0 Å². The summed E-state index contributed by atoms with van der Waals surface area (Å²) >= 11 is 1.83. The highest BCUT2D eigenvalue weighted by Gasteiger charge is 2.16. The first-order valence-corrected chi connectivity index (χ1v) is 9.28. The highest BCUT2D eigenvalue weighted by Crippen LogP contribution is 2.29. The van der Waals surface area contributed by atoms with Gasteiger partial charge >= 0.3 is 0 Å². The average molecular weight is 356 g/mol. The van der Waals surface area contributed by atoms with Gasteiger partial charge in [-0.3, -0.25) is 4.90 Å². The Morgan fingerprint density at radius 1 is 1.12 bits per heavy atom. The lowest BCUT2D eigenvalue weighted by atomic mass is 10.1. The molecule has 0 amide bonds. The minimum absolute atomic E-state index is 0.277. The van der Waals surface area contributed by atoms with E-state index < -0.39 is 0 Å². The lowest BCUT2D eigenvalue weighted by molar-refractivity contribution is 0.197. The van der Waals surface area contributed by atoms with E-state index in [0.29, 0.717) is 24.3 Å². The Hall–Kier alpha value is -2.02. The van der Waals surface area contributed by atoms with Crippen molar-refractivity contribution >= 4 is 11.3 Å². The van der Waals surface area contributed by atoms with Crippen LogP contribution in [0.2, 0.25) is 0 Å². The second-order valence-electron chi connectivity index (χ2n) is 6.44. The van der Waals surface area contributed by atoms with Crippen molar-refractivity contribution in [3.8, 4) is 10.4 Å². The van der Waals surface area contributed by atoms with Gasteiger partial charge in [-0.05, 0) is 38.5 Å². The third-order valence-corrected chi connectivity index (χ3v) is 5.24. The van der Waals surface area contributed by atoms with E-state index in [2.05, 4.69) is 72.2 Å². The fourth-order valence-electron chi connectivity index (χ4n) is 2.58. The van der Waals surface area contributed by atoms with Gasteiger partial charge in [0.15, 0.2) is 5.82 Å². The first kappa shape index (κ1) is 17.8. The van der Waals surface area contributed by atoms with Gasteiger partial charge in [0.05, 0.1) is 13.1 Å². The van der Waals surface area contributed by atoms with Gasteiger partial charge in [-0.1, -0.05) is 35.0 Å². The molecular formula is C19H24N4OS. The highest BCUT2D eigenvalue weighted by molar-refractivity contribution is 7.15. The van der Waals surface area contributed by atoms with Crippen molar-refractivity contribution in [1.82, 2.24) is 15.0 Å². The van der Waals surface area contributed by atoms with Crippen LogP contribution in [0, 0.1) is 6.92 Å². The molecule has 0 radical (unpaired) electrons. The molecule has 0 atom stereocenters. The Labute approximate surface area is 152 Å². The Kier molecular flexibility index (Phi) is 5.63. The minimum Gasteiger partial charge on any atom is -0.338 e. The molecule has 25 heavy (non-hydrogen) atoms. The van der Waals surface area contributed by atoms with E-state index in [1.54, 1.807) is 0 Å². The van der Waals surface area contributed by atoms with Crippen molar-refractivity contribution in [2.75, 3.05) is 0 Å². The van der Waals surface area contributed by atoms with Crippen LogP contribution in [0.1, 0.15) is 36.0 Å². The van der Waals surface area contributed by atoms with Gasteiger partial charge in [0, 0.05) is 22.3 Å². The fraction of sp³-hybridized carbons (Fsp3) is 0.368. The Morgan fingerprint density at radius 3 is 2.52 bits per heavy atom. The molecule has 0 aliphatic rings. The largest absolute Gasteiger partial charge is 0.338 e. The SMILES string of the molecule is Cc1ccc(-c2ccc(CN(Cc3noc(CN)n3)C(C)C)s2)cc1. The molecule has 0 aliphatic heterocycles. The zero-order chi connectivity index (χ0) is 17.8. The normalized spacial score (nSPS) is 11.6. The number of aryl methyl sites for hydroxylation is 1. The predicted molar refractivity (Wildman–Crippen MR) is 101 cm³/mol. The van der Waals surface area contributed by atoms with Gasteiger partial charge in [-0.15, -0.1) is 11.3 Å². The molecule has 3 rings (SSSR count). The molecule has 2 heterocycles. The van der Waals surface area contributed by atoms with Crippen LogP contribution < -0.4 is 5.73 Å². The summed E-state index contributed by atoms with van der Waals surface area (Å²) in [6.45, 7) is 8.26. The Morgan fingerprint density at radius 2 is 1.88 bits per heavy atom. The molecule has 6 heteroatoms. The summed E-state index contributed by atoms with van der Waals surface area (Å²) in [6, 6.07) is 13.4. The van der Waals surface area contributed by atoms with Crippen molar-refractivity contribution in [2.24, 2.45) is 5.73 Å². The van der Waals surface area contributed by atoms with E-state index in [1.165, 1.54) is 20.9 Å². The molecule has 0 unspecified atom stereocenters. The molecule has 2 aromatic heterocycles. The van der Waals surface area contributed by atoms with Crippen LogP contribution >= 0.6 is 11.3 Å². The number of nitrogens with two attached hydrogens (primary N) is 1. The second-order valence-corrected chi connectivity index (χ2v) is 7.61. The van der Waals surface area contributed by atoms with E-state index in [4.69, 9.17) is 10.3 Å². The van der Waals surface area contributed by atoms with Crippen LogP contribution in [-0.4, -0.2) is 21.1 Å². The minimum atomic E-state index is 0.277. The van der Waals surface area contributed by atoms with E-state index in [9.17, 15) is 0 Å². The summed E-state index contributed by atoms with van der Waals surface area (Å²) in [7, 11) is 0. The van der Waals surface area contributed by atoms with Crippen molar-refractivity contribution in [2.45, 2.75) is 46.4 Å². The molecule has 132 valence electrons. The lowest BCUT2D eigenvalue weighted by Gasteiger charge is -2.24. The Bertz CT molecular complexity index is 807. The number of hydrogen-bond donors (Lipinski definition) is 1. The third kappa shape index (κ3) is 4.54. The first-order valence-electron chi connectivity index (χ1n) is 8.46. The summed E-state index contributed by atoms with van der Waals surface area (Å²) in [4.78, 5) is 9.26. The lowest BCUT2D eigenvalue weighted by Crippen LogP contribution is -2.30. The number of hydrogen-bond acceptors (Lipinski definition) is 6. The van der Waals surface area contributed by atoms with Gasteiger partial charge in [0.25, 0.3) is 0 Å². The molecular weight excluding hydrogens is 332 g/mol. The summed E-state index contributed by atoms with van der Waals surface area (Å²) < 4.78 is 5.11. The third-order valence-electron chi connectivity index (χ3n) is 4.12. The smallest absolute Gasteiger partial charge is 0.240 e. The molecule has 1 aromatic carbocycles. The van der Waals surface area contributed by atoms with E-state index in [-0.39, 0.29) is 6.54 Å². The standard InChI is InChI=1S/C19H24N4OS/c1-13(2)23(12-18-21-19(10-20)24-22-18)11-16-8-9-17(25-16)15-6-4-14(3)5-7-15/h4-9,13H,10-12,20H2,1-3H3. The van der Waals surface area contributed by atoms with Crippen molar-refractivity contribution in [1.29, 1.82) is 0 Å². The number of benzene rings is 1. The average Bonchev–Trinajstić information content (AvgIpc) is 3.24. The van der Waals surface area contributed by atoms with Gasteiger partial charge < -0.3 is 10.3 Å². The molecule has 0 fully saturated rings. The van der Waals surface area contributed by atoms with Crippen molar-refractivity contribution in [3.63, 3.8) is 0 Å². The monoisotopic (exact) mass is 356 g/mol. The maximum absolute atomic E-state index is 5.54. The van der Waals surface area contributed by atoms with Crippen molar-refractivity contribution < 1.29 is 4.52 Å². The molecule has 0 aliphatic carbocycles. The summed E-state index contributed by atoms with van der Waals surface area (Å²) in [5.41, 5.74) is 8.08.